The van der Waals surface area contributed by atoms with E-state index < -0.39 is 0 Å². The molecule has 37 heavy (non-hydrogen) atoms. The molecule has 0 unspecified atom stereocenters. The summed E-state index contributed by atoms with van der Waals surface area (Å²) in [5.74, 6) is 3.15. The smallest absolute Gasteiger partial charge is 0.182 e. The molecule has 0 N–H and O–H groups in total. The van der Waals surface area contributed by atoms with Gasteiger partial charge in [-0.1, -0.05) is 72.8 Å². The van der Waals surface area contributed by atoms with Crippen LogP contribution in [0, 0.1) is 0 Å². The molecule has 5 heteroatoms. The number of hydrogen-bond acceptors (Lipinski definition) is 4. The highest BCUT2D eigenvalue weighted by Gasteiger charge is 2.25. The number of fused-ring (bicyclic) bond motifs is 2. The SMILES string of the molecule is c1ccc(-c2nc(-c3ccc(N4c5ccccc5Oc5ccccc54)cc3)nn2-c2ccccc2)cc1. The Balaban J connectivity index is 1.31. The number of benzene rings is 5. The standard InChI is InChI=1S/C32H22N4O/c1-3-11-24(12-4-1)32-33-31(34-36(32)26-13-5-2-6-14-26)23-19-21-25(22-20-23)35-27-15-7-9-17-29(27)37-30-18-10-8-16-28(30)35/h1-22H. The largest absolute Gasteiger partial charge is 0.453 e. The molecule has 7 rings (SSSR count). The summed E-state index contributed by atoms with van der Waals surface area (Å²) in [5.41, 5.74) is 5.99. The zero-order chi connectivity index (χ0) is 24.6. The van der Waals surface area contributed by atoms with Gasteiger partial charge in [0.15, 0.2) is 23.1 Å². The number of nitrogens with zero attached hydrogens (tertiary/aromatic N) is 4. The maximum absolute atomic E-state index is 6.16. The van der Waals surface area contributed by atoms with E-state index in [1.165, 1.54) is 0 Å². The minimum absolute atomic E-state index is 0.678. The van der Waals surface area contributed by atoms with Crippen molar-refractivity contribution in [1.82, 2.24) is 14.8 Å². The molecule has 176 valence electrons. The second kappa shape index (κ2) is 8.81. The van der Waals surface area contributed by atoms with Gasteiger partial charge in [0.05, 0.1) is 17.1 Å². The Morgan fingerprint density at radius 1 is 0.486 bits per heavy atom. The van der Waals surface area contributed by atoms with Crippen LogP contribution < -0.4 is 9.64 Å². The molecule has 0 atom stereocenters. The molecule has 0 saturated heterocycles. The van der Waals surface area contributed by atoms with E-state index in [9.17, 15) is 0 Å². The molecule has 0 aliphatic carbocycles. The van der Waals surface area contributed by atoms with Crippen LogP contribution in [0.1, 0.15) is 0 Å². The zero-order valence-electron chi connectivity index (χ0n) is 19.9. The van der Waals surface area contributed by atoms with Gasteiger partial charge in [0, 0.05) is 16.8 Å². The van der Waals surface area contributed by atoms with Crippen molar-refractivity contribution in [2.45, 2.75) is 0 Å². The molecule has 1 aliphatic rings. The lowest BCUT2D eigenvalue weighted by molar-refractivity contribution is 0.477. The van der Waals surface area contributed by atoms with Gasteiger partial charge < -0.3 is 9.64 Å². The van der Waals surface area contributed by atoms with Crippen LogP contribution in [0.2, 0.25) is 0 Å². The Morgan fingerprint density at radius 3 is 1.70 bits per heavy atom. The van der Waals surface area contributed by atoms with Gasteiger partial charge in [0.2, 0.25) is 0 Å². The first-order chi connectivity index (χ1) is 18.3. The molecule has 0 bridgehead atoms. The highest BCUT2D eigenvalue weighted by molar-refractivity contribution is 5.86. The van der Waals surface area contributed by atoms with E-state index in [0.717, 1.165) is 51.2 Å². The first kappa shape index (κ1) is 21.1. The van der Waals surface area contributed by atoms with E-state index in [1.807, 2.05) is 89.6 Å². The van der Waals surface area contributed by atoms with Crippen molar-refractivity contribution in [1.29, 1.82) is 0 Å². The maximum atomic E-state index is 6.16. The van der Waals surface area contributed by atoms with Crippen molar-refractivity contribution >= 4 is 17.1 Å². The summed E-state index contributed by atoms with van der Waals surface area (Å²) < 4.78 is 8.07. The second-order valence-electron chi connectivity index (χ2n) is 8.79. The Morgan fingerprint density at radius 2 is 1.05 bits per heavy atom. The quantitative estimate of drug-likeness (QED) is 0.256. The highest BCUT2D eigenvalue weighted by atomic mass is 16.5. The summed E-state index contributed by atoms with van der Waals surface area (Å²) in [6.07, 6.45) is 0. The van der Waals surface area contributed by atoms with Crippen molar-refractivity contribution in [3.63, 3.8) is 0 Å². The van der Waals surface area contributed by atoms with Crippen LogP contribution in [0.3, 0.4) is 0 Å². The summed E-state index contributed by atoms with van der Waals surface area (Å²) in [4.78, 5) is 7.18. The third-order valence-electron chi connectivity index (χ3n) is 6.46. The maximum Gasteiger partial charge on any atom is 0.182 e. The summed E-state index contributed by atoms with van der Waals surface area (Å²) >= 11 is 0. The molecular formula is C32H22N4O. The summed E-state index contributed by atoms with van der Waals surface area (Å²) in [7, 11) is 0. The van der Waals surface area contributed by atoms with Gasteiger partial charge >= 0.3 is 0 Å². The summed E-state index contributed by atoms with van der Waals surface area (Å²) in [5, 5.41) is 4.91. The Labute approximate surface area is 214 Å². The fourth-order valence-corrected chi connectivity index (χ4v) is 4.70. The van der Waals surface area contributed by atoms with Crippen molar-refractivity contribution in [2.24, 2.45) is 0 Å². The van der Waals surface area contributed by atoms with Crippen molar-refractivity contribution < 1.29 is 4.74 Å². The molecule has 0 radical (unpaired) electrons. The molecular weight excluding hydrogens is 456 g/mol. The predicted molar refractivity (Wildman–Crippen MR) is 147 cm³/mol. The van der Waals surface area contributed by atoms with Gasteiger partial charge in [0.1, 0.15) is 0 Å². The van der Waals surface area contributed by atoms with Gasteiger partial charge in [-0.05, 0) is 60.7 Å². The van der Waals surface area contributed by atoms with E-state index in [4.69, 9.17) is 14.8 Å². The average molecular weight is 479 g/mol. The number of aromatic nitrogens is 3. The lowest BCUT2D eigenvalue weighted by Crippen LogP contribution is -2.15. The van der Waals surface area contributed by atoms with Crippen molar-refractivity contribution in [3.8, 4) is 40.0 Å². The molecule has 6 aromatic rings. The number of hydrogen-bond donors (Lipinski definition) is 0. The molecule has 0 fully saturated rings. The number of ether oxygens (including phenoxy) is 1. The zero-order valence-corrected chi connectivity index (χ0v) is 19.9. The molecule has 2 heterocycles. The van der Waals surface area contributed by atoms with Crippen LogP contribution in [0.4, 0.5) is 17.1 Å². The minimum Gasteiger partial charge on any atom is -0.453 e. The van der Waals surface area contributed by atoms with Crippen molar-refractivity contribution in [2.75, 3.05) is 4.90 Å². The lowest BCUT2D eigenvalue weighted by Gasteiger charge is -2.32. The fourth-order valence-electron chi connectivity index (χ4n) is 4.70. The fraction of sp³-hybridized carbons (Fsp3) is 0. The Hall–Kier alpha value is -5.16. The number of anilines is 3. The first-order valence-electron chi connectivity index (χ1n) is 12.2. The summed E-state index contributed by atoms with van der Waals surface area (Å²) in [6.45, 7) is 0. The molecule has 0 saturated carbocycles. The van der Waals surface area contributed by atoms with Gasteiger partial charge in [-0.25, -0.2) is 9.67 Å². The van der Waals surface area contributed by atoms with E-state index in [0.29, 0.717) is 5.82 Å². The monoisotopic (exact) mass is 478 g/mol. The highest BCUT2D eigenvalue weighted by Crippen LogP contribution is 2.50. The third-order valence-corrected chi connectivity index (χ3v) is 6.46. The summed E-state index contributed by atoms with van der Waals surface area (Å²) in [6, 6.07) is 44.9. The van der Waals surface area contributed by atoms with Gasteiger partial charge in [-0.3, -0.25) is 0 Å². The third kappa shape index (κ3) is 3.74. The minimum atomic E-state index is 0.678. The molecule has 0 spiro atoms. The first-order valence-corrected chi connectivity index (χ1v) is 12.2. The normalized spacial score (nSPS) is 11.9. The van der Waals surface area contributed by atoms with E-state index in [2.05, 4.69) is 53.4 Å². The van der Waals surface area contributed by atoms with E-state index >= 15 is 0 Å². The molecule has 5 nitrogen and oxygen atoms in total. The molecule has 5 aromatic carbocycles. The van der Waals surface area contributed by atoms with E-state index in [1.54, 1.807) is 0 Å². The predicted octanol–water partition coefficient (Wildman–Crippen LogP) is 8.18. The van der Waals surface area contributed by atoms with Gasteiger partial charge in [0.25, 0.3) is 0 Å². The van der Waals surface area contributed by atoms with Crippen LogP contribution in [0.5, 0.6) is 11.5 Å². The topological polar surface area (TPSA) is 43.2 Å². The number of para-hydroxylation sites is 5. The Kier molecular flexibility index (Phi) is 5.03. The van der Waals surface area contributed by atoms with Crippen LogP contribution in [-0.2, 0) is 0 Å². The molecule has 0 amide bonds. The number of rotatable bonds is 4. The van der Waals surface area contributed by atoms with Crippen LogP contribution >= 0.6 is 0 Å². The van der Waals surface area contributed by atoms with Gasteiger partial charge in [-0.15, -0.1) is 5.10 Å². The van der Waals surface area contributed by atoms with Crippen LogP contribution in [-0.4, -0.2) is 14.8 Å². The van der Waals surface area contributed by atoms with Crippen molar-refractivity contribution in [3.05, 3.63) is 133 Å². The molecule has 1 aliphatic heterocycles. The lowest BCUT2D eigenvalue weighted by atomic mass is 10.1. The second-order valence-corrected chi connectivity index (χ2v) is 8.79. The van der Waals surface area contributed by atoms with Crippen LogP contribution in [0.15, 0.2) is 133 Å². The molecule has 1 aromatic heterocycles. The van der Waals surface area contributed by atoms with E-state index in [-0.39, 0.29) is 0 Å². The van der Waals surface area contributed by atoms with Gasteiger partial charge in [-0.2, -0.15) is 0 Å². The Bertz CT molecular complexity index is 1590. The van der Waals surface area contributed by atoms with Crippen LogP contribution in [0.25, 0.3) is 28.5 Å². The average Bonchev–Trinajstić information content (AvgIpc) is 3.43.